The fourth-order valence-electron chi connectivity index (χ4n) is 3.72. The van der Waals surface area contributed by atoms with Crippen LogP contribution in [0.25, 0.3) is 0 Å². The van der Waals surface area contributed by atoms with Crippen molar-refractivity contribution in [2.75, 3.05) is 31.1 Å². The number of hydrogen-bond donors (Lipinski definition) is 2. The van der Waals surface area contributed by atoms with Crippen molar-refractivity contribution in [1.82, 2.24) is 10.2 Å². The summed E-state index contributed by atoms with van der Waals surface area (Å²) in [5.74, 6) is -1.30. The Bertz CT molecular complexity index is 904. The molecule has 3 amide bonds. The summed E-state index contributed by atoms with van der Waals surface area (Å²) in [7, 11) is 0. The van der Waals surface area contributed by atoms with E-state index in [4.69, 9.17) is 19.3 Å². The number of benzene rings is 1. The van der Waals surface area contributed by atoms with Gasteiger partial charge in [0, 0.05) is 25.3 Å². The molecule has 0 aromatic heterocycles. The molecule has 0 aliphatic carbocycles. The second-order valence-corrected chi connectivity index (χ2v) is 9.23. The summed E-state index contributed by atoms with van der Waals surface area (Å²) in [4.78, 5) is 50.7. The normalized spacial score (nSPS) is 19.0. The molecule has 2 aliphatic heterocycles. The summed E-state index contributed by atoms with van der Waals surface area (Å²) in [6.07, 6.45) is -1.16. The van der Waals surface area contributed by atoms with Gasteiger partial charge in [0.2, 0.25) is 0 Å². The van der Waals surface area contributed by atoms with Gasteiger partial charge in [-0.3, -0.25) is 9.69 Å². The van der Waals surface area contributed by atoms with Crippen molar-refractivity contribution in [3.8, 4) is 0 Å². The fraction of sp³-hybridized carbons (Fsp3) is 0.565. The average Bonchev–Trinajstić information content (AvgIpc) is 3.17. The Labute approximate surface area is 197 Å². The molecule has 0 spiro atoms. The first-order chi connectivity index (χ1) is 16.0. The number of likely N-dealkylation sites (tertiary alicyclic amines) is 1. The van der Waals surface area contributed by atoms with Crippen LogP contribution in [0, 0.1) is 0 Å². The Morgan fingerprint density at radius 2 is 1.79 bits per heavy atom. The maximum atomic E-state index is 12.8. The third-order valence-corrected chi connectivity index (χ3v) is 5.37. The lowest BCUT2D eigenvalue weighted by molar-refractivity contribution is -0.148. The van der Waals surface area contributed by atoms with Gasteiger partial charge in [0.1, 0.15) is 12.2 Å². The molecule has 3 rings (SSSR count). The Morgan fingerprint density at radius 3 is 2.38 bits per heavy atom. The molecular weight excluding hydrogens is 446 g/mol. The van der Waals surface area contributed by atoms with Crippen molar-refractivity contribution in [2.45, 2.75) is 58.0 Å². The summed E-state index contributed by atoms with van der Waals surface area (Å²) >= 11 is 0. The highest BCUT2D eigenvalue weighted by molar-refractivity contribution is 5.95. The molecule has 0 bridgehead atoms. The minimum atomic E-state index is -1.02. The molecule has 11 nitrogen and oxygen atoms in total. The molecule has 2 saturated heterocycles. The topological polar surface area (TPSA) is 135 Å². The van der Waals surface area contributed by atoms with E-state index < -0.39 is 29.9 Å². The number of carboxylic acids is 1. The van der Waals surface area contributed by atoms with E-state index in [1.165, 1.54) is 4.90 Å². The highest BCUT2D eigenvalue weighted by Crippen LogP contribution is 2.24. The number of carboxylic acid groups (broad SMARTS) is 1. The van der Waals surface area contributed by atoms with Crippen molar-refractivity contribution < 1.29 is 38.5 Å². The molecule has 2 fully saturated rings. The SMILES string of the molecule is CC(C)(C)OC(=O)NCc1ccc(N2CC(C(=O)N3CCC(OCC(=O)O)CC3)OC2=O)cc1. The minimum Gasteiger partial charge on any atom is -0.480 e. The summed E-state index contributed by atoms with van der Waals surface area (Å²) < 4.78 is 15.8. The lowest BCUT2D eigenvalue weighted by atomic mass is 10.1. The Kier molecular flexibility index (Phi) is 7.98. The molecule has 0 saturated carbocycles. The number of hydrogen-bond acceptors (Lipinski definition) is 7. The molecule has 2 aliphatic rings. The third kappa shape index (κ3) is 7.08. The Balaban J connectivity index is 1.49. The van der Waals surface area contributed by atoms with Crippen LogP contribution in [0.4, 0.5) is 15.3 Å². The van der Waals surface area contributed by atoms with E-state index in [0.717, 1.165) is 5.56 Å². The van der Waals surface area contributed by atoms with Crippen LogP contribution in [0.15, 0.2) is 24.3 Å². The van der Waals surface area contributed by atoms with Gasteiger partial charge in [-0.25, -0.2) is 14.4 Å². The first-order valence-corrected chi connectivity index (χ1v) is 11.2. The fourth-order valence-corrected chi connectivity index (χ4v) is 3.72. The van der Waals surface area contributed by atoms with Gasteiger partial charge in [-0.15, -0.1) is 0 Å². The average molecular weight is 478 g/mol. The second kappa shape index (κ2) is 10.7. The van der Waals surface area contributed by atoms with Crippen LogP contribution in [0.3, 0.4) is 0 Å². The zero-order valence-corrected chi connectivity index (χ0v) is 19.6. The quantitative estimate of drug-likeness (QED) is 0.610. The van der Waals surface area contributed by atoms with Crippen LogP contribution >= 0.6 is 0 Å². The molecule has 11 heteroatoms. The number of cyclic esters (lactones) is 1. The number of aliphatic carboxylic acids is 1. The van der Waals surface area contributed by atoms with Gasteiger partial charge >= 0.3 is 18.2 Å². The van der Waals surface area contributed by atoms with Gasteiger partial charge in [-0.1, -0.05) is 12.1 Å². The Hall–Kier alpha value is -3.34. The van der Waals surface area contributed by atoms with Gasteiger partial charge in [-0.2, -0.15) is 0 Å². The van der Waals surface area contributed by atoms with Gasteiger partial charge in [0.25, 0.3) is 5.91 Å². The van der Waals surface area contributed by atoms with E-state index in [9.17, 15) is 19.2 Å². The minimum absolute atomic E-state index is 0.0998. The number of nitrogens with one attached hydrogen (secondary N) is 1. The lowest BCUT2D eigenvalue weighted by Gasteiger charge is -2.32. The highest BCUT2D eigenvalue weighted by atomic mass is 16.6. The molecule has 1 unspecified atom stereocenters. The van der Waals surface area contributed by atoms with Crippen LogP contribution in [-0.4, -0.2) is 78.1 Å². The molecule has 186 valence electrons. The molecule has 1 aromatic rings. The number of anilines is 1. The number of rotatable bonds is 7. The molecule has 0 radical (unpaired) electrons. The first-order valence-electron chi connectivity index (χ1n) is 11.2. The predicted octanol–water partition coefficient (Wildman–Crippen LogP) is 2.13. The van der Waals surface area contributed by atoms with E-state index in [0.29, 0.717) is 31.6 Å². The van der Waals surface area contributed by atoms with Crippen LogP contribution in [0.5, 0.6) is 0 Å². The second-order valence-electron chi connectivity index (χ2n) is 9.23. The van der Waals surface area contributed by atoms with Gasteiger partial charge in [0.05, 0.1) is 12.6 Å². The standard InChI is InChI=1S/C23H31N3O8/c1-23(2,3)34-21(30)24-12-15-4-6-16(7-5-15)26-13-18(33-22(26)31)20(29)25-10-8-17(9-11-25)32-14-19(27)28/h4-7,17-18H,8-14H2,1-3H3,(H,24,30)(H,27,28). The van der Waals surface area contributed by atoms with Crippen molar-refractivity contribution in [1.29, 1.82) is 0 Å². The zero-order chi connectivity index (χ0) is 24.9. The maximum Gasteiger partial charge on any atom is 0.415 e. The van der Waals surface area contributed by atoms with E-state index >= 15 is 0 Å². The van der Waals surface area contributed by atoms with Gasteiger partial charge in [0.15, 0.2) is 6.10 Å². The zero-order valence-electron chi connectivity index (χ0n) is 19.6. The lowest BCUT2D eigenvalue weighted by Crippen LogP contribution is -2.46. The number of alkyl carbamates (subject to hydrolysis) is 1. The van der Waals surface area contributed by atoms with E-state index in [1.807, 2.05) is 0 Å². The van der Waals surface area contributed by atoms with Crippen molar-refractivity contribution in [3.05, 3.63) is 29.8 Å². The van der Waals surface area contributed by atoms with Crippen molar-refractivity contribution in [2.24, 2.45) is 0 Å². The van der Waals surface area contributed by atoms with E-state index in [1.54, 1.807) is 49.9 Å². The summed E-state index contributed by atoms with van der Waals surface area (Å²) in [5.41, 5.74) is 0.826. The highest BCUT2D eigenvalue weighted by Gasteiger charge is 2.40. The smallest absolute Gasteiger partial charge is 0.415 e. The van der Waals surface area contributed by atoms with Crippen LogP contribution in [0.2, 0.25) is 0 Å². The Morgan fingerprint density at radius 1 is 1.15 bits per heavy atom. The number of carbonyl (C=O) groups is 4. The number of piperidine rings is 1. The third-order valence-electron chi connectivity index (χ3n) is 5.37. The van der Waals surface area contributed by atoms with E-state index in [2.05, 4.69) is 5.32 Å². The number of nitrogens with zero attached hydrogens (tertiary/aromatic N) is 2. The first kappa shape index (κ1) is 25.3. The predicted molar refractivity (Wildman–Crippen MR) is 120 cm³/mol. The van der Waals surface area contributed by atoms with Crippen molar-refractivity contribution in [3.63, 3.8) is 0 Å². The van der Waals surface area contributed by atoms with Crippen molar-refractivity contribution >= 4 is 29.8 Å². The summed E-state index contributed by atoms with van der Waals surface area (Å²) in [6.45, 7) is 6.19. The summed E-state index contributed by atoms with van der Waals surface area (Å²) in [5, 5.41) is 11.4. The van der Waals surface area contributed by atoms with E-state index in [-0.39, 0.29) is 31.7 Å². The van der Waals surface area contributed by atoms with Crippen LogP contribution in [0.1, 0.15) is 39.2 Å². The number of ether oxygens (including phenoxy) is 3. The molecule has 1 aromatic carbocycles. The maximum absolute atomic E-state index is 12.8. The number of amides is 3. The molecule has 34 heavy (non-hydrogen) atoms. The molecular formula is C23H31N3O8. The largest absolute Gasteiger partial charge is 0.480 e. The van der Waals surface area contributed by atoms with Crippen LogP contribution < -0.4 is 10.2 Å². The van der Waals surface area contributed by atoms with Crippen LogP contribution in [-0.2, 0) is 30.3 Å². The monoisotopic (exact) mass is 477 g/mol. The molecule has 1 atom stereocenters. The van der Waals surface area contributed by atoms with Gasteiger partial charge < -0.3 is 29.5 Å². The molecule has 2 N–H and O–H groups in total. The summed E-state index contributed by atoms with van der Waals surface area (Å²) in [6, 6.07) is 7.01. The molecule has 2 heterocycles. The van der Waals surface area contributed by atoms with Gasteiger partial charge in [-0.05, 0) is 51.3 Å². The number of carbonyl (C=O) groups excluding carboxylic acids is 3.